The van der Waals surface area contributed by atoms with Gasteiger partial charge in [-0.25, -0.2) is 8.42 Å². The van der Waals surface area contributed by atoms with E-state index in [1.807, 2.05) is 12.1 Å². The maximum Gasteiger partial charge on any atom is 0.178 e. The molecule has 1 aromatic carbocycles. The van der Waals surface area contributed by atoms with Crippen LogP contribution in [0.25, 0.3) is 0 Å². The van der Waals surface area contributed by atoms with Crippen LogP contribution in [0, 0.1) is 5.92 Å². The summed E-state index contributed by atoms with van der Waals surface area (Å²) < 4.78 is 29.7. The first-order valence-corrected chi connectivity index (χ1v) is 9.29. The van der Waals surface area contributed by atoms with Crippen LogP contribution in [-0.2, 0) is 14.6 Å². The summed E-state index contributed by atoms with van der Waals surface area (Å²) in [7, 11) is -3.09. The largest absolute Gasteiger partial charge is 0.381 e. The summed E-state index contributed by atoms with van der Waals surface area (Å²) in [5.74, 6) is 0.791. The molecular weight excluding hydrogens is 286 g/mol. The summed E-state index contributed by atoms with van der Waals surface area (Å²) >= 11 is 0. The van der Waals surface area contributed by atoms with Gasteiger partial charge in [0.15, 0.2) is 9.84 Å². The van der Waals surface area contributed by atoms with E-state index in [4.69, 9.17) is 4.74 Å². The van der Waals surface area contributed by atoms with Gasteiger partial charge in [0.25, 0.3) is 0 Å². The molecule has 0 aliphatic carbocycles. The van der Waals surface area contributed by atoms with Crippen LogP contribution in [0.15, 0.2) is 29.2 Å². The van der Waals surface area contributed by atoms with E-state index in [-0.39, 0.29) is 11.8 Å². The van der Waals surface area contributed by atoms with Gasteiger partial charge in [-0.2, -0.15) is 0 Å². The summed E-state index contributed by atoms with van der Waals surface area (Å²) in [6.45, 7) is 6.66. The molecule has 1 aliphatic rings. The van der Waals surface area contributed by atoms with Gasteiger partial charge in [-0.1, -0.05) is 32.0 Å². The molecule has 1 atom stereocenters. The van der Waals surface area contributed by atoms with E-state index in [2.05, 4.69) is 19.2 Å². The Morgan fingerprint density at radius 1 is 1.33 bits per heavy atom. The van der Waals surface area contributed by atoms with E-state index in [1.54, 1.807) is 12.1 Å². The number of ether oxygens (including phenoxy) is 1. The number of hydrogen-bond donors (Lipinski definition) is 1. The highest BCUT2D eigenvalue weighted by Gasteiger charge is 2.29. The SMILES string of the molecule is CC(C)COCCCNC1CCS(=O)(=O)c2ccccc21. The Morgan fingerprint density at radius 3 is 2.86 bits per heavy atom. The van der Waals surface area contributed by atoms with Crippen LogP contribution in [0.3, 0.4) is 0 Å². The molecule has 21 heavy (non-hydrogen) atoms. The Hall–Kier alpha value is -0.910. The van der Waals surface area contributed by atoms with E-state index < -0.39 is 9.84 Å². The third-order valence-electron chi connectivity index (χ3n) is 3.61. The zero-order valence-corrected chi connectivity index (χ0v) is 13.7. The van der Waals surface area contributed by atoms with E-state index in [0.29, 0.717) is 17.2 Å². The van der Waals surface area contributed by atoms with Gasteiger partial charge >= 0.3 is 0 Å². The second-order valence-corrected chi connectivity index (χ2v) is 8.05. The zero-order valence-electron chi connectivity index (χ0n) is 12.8. The number of hydrogen-bond acceptors (Lipinski definition) is 4. The Balaban J connectivity index is 1.85. The van der Waals surface area contributed by atoms with Crippen molar-refractivity contribution in [2.75, 3.05) is 25.5 Å². The van der Waals surface area contributed by atoms with Gasteiger partial charge in [0, 0.05) is 19.3 Å². The minimum absolute atomic E-state index is 0.134. The maximum atomic E-state index is 12.0. The van der Waals surface area contributed by atoms with Crippen molar-refractivity contribution in [2.45, 2.75) is 37.6 Å². The monoisotopic (exact) mass is 311 g/mol. The number of fused-ring (bicyclic) bond motifs is 1. The third-order valence-corrected chi connectivity index (χ3v) is 5.43. The molecule has 1 aromatic rings. The molecule has 1 unspecified atom stereocenters. The lowest BCUT2D eigenvalue weighted by Gasteiger charge is -2.26. The molecule has 0 bridgehead atoms. The van der Waals surface area contributed by atoms with E-state index in [1.165, 1.54) is 0 Å². The lowest BCUT2D eigenvalue weighted by Crippen LogP contribution is -2.30. The van der Waals surface area contributed by atoms with Crippen molar-refractivity contribution in [2.24, 2.45) is 5.92 Å². The summed E-state index contributed by atoms with van der Waals surface area (Å²) in [4.78, 5) is 0.491. The quantitative estimate of drug-likeness (QED) is 0.786. The molecular formula is C16H25NO3S. The van der Waals surface area contributed by atoms with Gasteiger partial charge in [0.1, 0.15) is 0 Å². The molecule has 5 heteroatoms. The van der Waals surface area contributed by atoms with Gasteiger partial charge in [0.2, 0.25) is 0 Å². The van der Waals surface area contributed by atoms with Crippen LogP contribution >= 0.6 is 0 Å². The zero-order chi connectivity index (χ0) is 15.3. The minimum atomic E-state index is -3.09. The van der Waals surface area contributed by atoms with Crippen LogP contribution in [-0.4, -0.2) is 33.9 Å². The molecule has 0 radical (unpaired) electrons. The van der Waals surface area contributed by atoms with Crippen LogP contribution < -0.4 is 5.32 Å². The van der Waals surface area contributed by atoms with Crippen LogP contribution in [0.4, 0.5) is 0 Å². The molecule has 1 aliphatic heterocycles. The topological polar surface area (TPSA) is 55.4 Å². The van der Waals surface area contributed by atoms with Crippen molar-refractivity contribution in [3.8, 4) is 0 Å². The van der Waals surface area contributed by atoms with Gasteiger partial charge in [-0.05, 0) is 36.9 Å². The molecule has 118 valence electrons. The lowest BCUT2D eigenvalue weighted by atomic mass is 10.0. The third kappa shape index (κ3) is 4.53. The summed E-state index contributed by atoms with van der Waals surface area (Å²) in [5.41, 5.74) is 0.909. The molecule has 1 N–H and O–H groups in total. The van der Waals surface area contributed by atoms with Crippen molar-refractivity contribution in [1.29, 1.82) is 0 Å². The standard InChI is InChI=1S/C16H25NO3S/c1-13(2)12-20-10-5-9-17-15-8-11-21(18,19)16-7-4-3-6-14(15)16/h3-4,6-7,13,15,17H,5,8-12H2,1-2H3. The van der Waals surface area contributed by atoms with E-state index in [0.717, 1.165) is 31.7 Å². The van der Waals surface area contributed by atoms with Crippen LogP contribution in [0.5, 0.6) is 0 Å². The number of rotatable bonds is 7. The van der Waals surface area contributed by atoms with Crippen molar-refractivity contribution >= 4 is 9.84 Å². The van der Waals surface area contributed by atoms with E-state index >= 15 is 0 Å². The van der Waals surface area contributed by atoms with Crippen molar-refractivity contribution in [1.82, 2.24) is 5.32 Å². The van der Waals surface area contributed by atoms with Crippen molar-refractivity contribution in [3.05, 3.63) is 29.8 Å². The number of sulfone groups is 1. The first kappa shape index (κ1) is 16.5. The Kier molecular flexibility index (Phi) is 5.79. The molecule has 0 saturated heterocycles. The van der Waals surface area contributed by atoms with Crippen molar-refractivity contribution < 1.29 is 13.2 Å². The normalized spacial score (nSPS) is 20.4. The number of benzene rings is 1. The maximum absolute atomic E-state index is 12.0. The van der Waals surface area contributed by atoms with Gasteiger partial charge in [-0.3, -0.25) is 0 Å². The molecule has 0 amide bonds. The van der Waals surface area contributed by atoms with Gasteiger partial charge in [0.05, 0.1) is 10.6 Å². The first-order valence-electron chi connectivity index (χ1n) is 7.63. The minimum Gasteiger partial charge on any atom is -0.381 e. The van der Waals surface area contributed by atoms with Crippen LogP contribution in [0.2, 0.25) is 0 Å². The summed E-state index contributed by atoms with van der Waals surface area (Å²) in [6, 6.07) is 7.46. The Bertz CT molecular complexity index is 554. The van der Waals surface area contributed by atoms with Gasteiger partial charge in [-0.15, -0.1) is 0 Å². The summed E-state index contributed by atoms with van der Waals surface area (Å²) in [5, 5.41) is 3.46. The van der Waals surface area contributed by atoms with Crippen LogP contribution in [0.1, 0.15) is 38.3 Å². The smallest absolute Gasteiger partial charge is 0.178 e. The molecule has 0 aromatic heterocycles. The highest BCUT2D eigenvalue weighted by atomic mass is 32.2. The molecule has 0 saturated carbocycles. The molecule has 2 rings (SSSR count). The molecule has 1 heterocycles. The highest BCUT2D eigenvalue weighted by molar-refractivity contribution is 7.91. The number of nitrogens with one attached hydrogen (secondary N) is 1. The Morgan fingerprint density at radius 2 is 2.10 bits per heavy atom. The molecule has 4 nitrogen and oxygen atoms in total. The average Bonchev–Trinajstić information content (AvgIpc) is 2.45. The summed E-state index contributed by atoms with van der Waals surface area (Å²) in [6.07, 6.45) is 1.59. The molecule has 0 fully saturated rings. The predicted molar refractivity (Wildman–Crippen MR) is 84.1 cm³/mol. The lowest BCUT2D eigenvalue weighted by molar-refractivity contribution is 0.107. The predicted octanol–water partition coefficient (Wildman–Crippen LogP) is 2.56. The van der Waals surface area contributed by atoms with E-state index in [9.17, 15) is 8.42 Å². The molecule has 0 spiro atoms. The van der Waals surface area contributed by atoms with Gasteiger partial charge < -0.3 is 10.1 Å². The average molecular weight is 311 g/mol. The fourth-order valence-corrected chi connectivity index (χ4v) is 4.19. The van der Waals surface area contributed by atoms with Crippen molar-refractivity contribution in [3.63, 3.8) is 0 Å². The second kappa shape index (κ2) is 7.38. The first-order chi connectivity index (χ1) is 10.0. The fourth-order valence-electron chi connectivity index (χ4n) is 2.57. The fraction of sp³-hybridized carbons (Fsp3) is 0.625. The second-order valence-electron chi connectivity index (χ2n) is 5.97. The Labute approximate surface area is 127 Å². The highest BCUT2D eigenvalue weighted by Crippen LogP contribution is 2.31.